The number of halogens is 2. The Morgan fingerprint density at radius 2 is 1.76 bits per heavy atom. The predicted octanol–water partition coefficient (Wildman–Crippen LogP) is 5.99. The largest absolute Gasteiger partial charge is 0.497 e. The van der Waals surface area contributed by atoms with E-state index in [9.17, 15) is 4.79 Å². The average Bonchev–Trinajstić information content (AvgIpc) is 3.19. The Kier molecular flexibility index (Phi) is 5.56. The van der Waals surface area contributed by atoms with Crippen LogP contribution in [0.4, 0.5) is 0 Å². The zero-order valence-electron chi connectivity index (χ0n) is 15.7. The van der Waals surface area contributed by atoms with Crippen LogP contribution in [0.25, 0.3) is 0 Å². The molecule has 0 fully saturated rings. The van der Waals surface area contributed by atoms with Crippen molar-refractivity contribution in [3.8, 4) is 5.75 Å². The molecule has 0 radical (unpaired) electrons. The molecule has 3 aromatic rings. The number of hydrogen-bond donors (Lipinski definition) is 0. The number of hydrogen-bond acceptors (Lipinski definition) is 3. The van der Waals surface area contributed by atoms with Crippen molar-refractivity contribution < 1.29 is 9.53 Å². The fourth-order valence-electron chi connectivity index (χ4n) is 3.38. The summed E-state index contributed by atoms with van der Waals surface area (Å²) in [5.74, 6) is 0.511. The first-order chi connectivity index (χ1) is 14.1. The van der Waals surface area contributed by atoms with E-state index in [0.717, 1.165) is 22.6 Å². The molecule has 3 aromatic carbocycles. The normalized spacial score (nSPS) is 15.9. The number of methoxy groups -OCH3 is 1. The molecule has 0 N–H and O–H groups in total. The van der Waals surface area contributed by atoms with Crippen molar-refractivity contribution in [2.24, 2.45) is 5.10 Å². The average molecular weight is 425 g/mol. The van der Waals surface area contributed by atoms with E-state index >= 15 is 0 Å². The Labute approximate surface area is 179 Å². The lowest BCUT2D eigenvalue weighted by atomic mass is 9.98. The molecule has 0 aliphatic carbocycles. The molecule has 1 atom stereocenters. The van der Waals surface area contributed by atoms with Crippen LogP contribution < -0.4 is 4.74 Å². The highest BCUT2D eigenvalue weighted by molar-refractivity contribution is 6.36. The first-order valence-corrected chi connectivity index (χ1v) is 9.88. The lowest BCUT2D eigenvalue weighted by Gasteiger charge is -2.22. The van der Waals surface area contributed by atoms with E-state index in [-0.39, 0.29) is 11.9 Å². The second kappa shape index (κ2) is 8.27. The van der Waals surface area contributed by atoms with E-state index in [1.54, 1.807) is 25.3 Å². The van der Waals surface area contributed by atoms with Crippen LogP contribution in [-0.4, -0.2) is 23.7 Å². The summed E-state index contributed by atoms with van der Waals surface area (Å²) in [5.41, 5.74) is 3.17. The Morgan fingerprint density at radius 3 is 2.41 bits per heavy atom. The maximum absolute atomic E-state index is 13.3. The van der Waals surface area contributed by atoms with Gasteiger partial charge in [0.15, 0.2) is 0 Å². The molecule has 0 aromatic heterocycles. The van der Waals surface area contributed by atoms with Crippen LogP contribution in [0.2, 0.25) is 10.0 Å². The second-order valence-corrected chi connectivity index (χ2v) is 7.52. The van der Waals surface area contributed by atoms with Crippen molar-refractivity contribution in [2.75, 3.05) is 7.11 Å². The van der Waals surface area contributed by atoms with Crippen LogP contribution in [0, 0.1) is 0 Å². The minimum absolute atomic E-state index is 0.215. The number of hydrazone groups is 1. The van der Waals surface area contributed by atoms with Gasteiger partial charge >= 0.3 is 0 Å². The summed E-state index contributed by atoms with van der Waals surface area (Å²) >= 11 is 12.3. The molecule has 1 heterocycles. The number of benzene rings is 3. The van der Waals surface area contributed by atoms with Gasteiger partial charge in [-0.3, -0.25) is 4.79 Å². The second-order valence-electron chi connectivity index (χ2n) is 6.68. The third kappa shape index (κ3) is 4.00. The van der Waals surface area contributed by atoms with Crippen molar-refractivity contribution >= 4 is 34.8 Å². The third-order valence-electron chi connectivity index (χ3n) is 4.89. The maximum atomic E-state index is 13.3. The van der Waals surface area contributed by atoms with Gasteiger partial charge in [-0.1, -0.05) is 53.5 Å². The van der Waals surface area contributed by atoms with Crippen LogP contribution in [0.3, 0.4) is 0 Å². The summed E-state index contributed by atoms with van der Waals surface area (Å²) in [4.78, 5) is 13.3. The monoisotopic (exact) mass is 424 g/mol. The van der Waals surface area contributed by atoms with Gasteiger partial charge < -0.3 is 4.74 Å². The molecular weight excluding hydrogens is 407 g/mol. The predicted molar refractivity (Wildman–Crippen MR) is 116 cm³/mol. The smallest absolute Gasteiger partial charge is 0.276 e. The number of rotatable bonds is 4. The summed E-state index contributed by atoms with van der Waals surface area (Å²) in [7, 11) is 1.63. The molecule has 6 heteroatoms. The van der Waals surface area contributed by atoms with Gasteiger partial charge in [0.1, 0.15) is 5.75 Å². The van der Waals surface area contributed by atoms with Gasteiger partial charge in [-0.05, 0) is 53.6 Å². The van der Waals surface area contributed by atoms with Crippen LogP contribution in [0.1, 0.15) is 33.9 Å². The van der Waals surface area contributed by atoms with Gasteiger partial charge in [-0.25, -0.2) is 5.01 Å². The molecule has 0 bridgehead atoms. The van der Waals surface area contributed by atoms with Gasteiger partial charge in [0, 0.05) is 11.4 Å². The van der Waals surface area contributed by atoms with E-state index in [4.69, 9.17) is 27.9 Å². The Hall–Kier alpha value is -2.82. The van der Waals surface area contributed by atoms with E-state index in [0.29, 0.717) is 22.0 Å². The number of ether oxygens (including phenoxy) is 1. The van der Waals surface area contributed by atoms with Gasteiger partial charge in [0.25, 0.3) is 5.91 Å². The molecule has 29 heavy (non-hydrogen) atoms. The number of carbonyl (C=O) groups is 1. The van der Waals surface area contributed by atoms with Crippen LogP contribution in [-0.2, 0) is 0 Å². The highest BCUT2D eigenvalue weighted by Gasteiger charge is 2.34. The molecular formula is C23H18Cl2N2O2. The Morgan fingerprint density at radius 1 is 1.03 bits per heavy atom. The Bertz CT molecular complexity index is 1070. The van der Waals surface area contributed by atoms with Crippen molar-refractivity contribution in [3.05, 3.63) is 99.5 Å². The summed E-state index contributed by atoms with van der Waals surface area (Å²) < 4.78 is 5.23. The first kappa shape index (κ1) is 19.5. The quantitative estimate of drug-likeness (QED) is 0.515. The maximum Gasteiger partial charge on any atom is 0.276 e. The van der Waals surface area contributed by atoms with Crippen LogP contribution >= 0.6 is 23.2 Å². The lowest BCUT2D eigenvalue weighted by molar-refractivity contribution is 0.0711. The van der Waals surface area contributed by atoms with Crippen molar-refractivity contribution in [3.63, 3.8) is 0 Å². The molecule has 1 aliphatic rings. The third-order valence-corrected chi connectivity index (χ3v) is 5.44. The number of amides is 1. The topological polar surface area (TPSA) is 41.9 Å². The number of nitrogens with zero attached hydrogens (tertiary/aromatic N) is 2. The fraction of sp³-hybridized carbons (Fsp3) is 0.130. The molecule has 1 aliphatic heterocycles. The molecule has 4 nitrogen and oxygen atoms in total. The molecule has 0 saturated carbocycles. The van der Waals surface area contributed by atoms with E-state index in [1.165, 1.54) is 5.01 Å². The Balaban J connectivity index is 1.73. The van der Waals surface area contributed by atoms with E-state index < -0.39 is 0 Å². The highest BCUT2D eigenvalue weighted by Crippen LogP contribution is 2.35. The van der Waals surface area contributed by atoms with Gasteiger partial charge in [0.05, 0.1) is 29.4 Å². The molecule has 4 rings (SSSR count). The highest BCUT2D eigenvalue weighted by atomic mass is 35.5. The molecule has 0 spiro atoms. The summed E-state index contributed by atoms with van der Waals surface area (Å²) in [6.45, 7) is 0. The van der Waals surface area contributed by atoms with Crippen molar-refractivity contribution in [1.82, 2.24) is 5.01 Å². The first-order valence-electron chi connectivity index (χ1n) is 9.12. The minimum atomic E-state index is -0.260. The molecule has 1 unspecified atom stereocenters. The van der Waals surface area contributed by atoms with Crippen molar-refractivity contribution in [2.45, 2.75) is 12.5 Å². The summed E-state index contributed by atoms with van der Waals surface area (Å²) in [6.07, 6.45) is 0.604. The molecule has 146 valence electrons. The van der Waals surface area contributed by atoms with Crippen molar-refractivity contribution in [1.29, 1.82) is 0 Å². The zero-order chi connectivity index (χ0) is 20.4. The van der Waals surface area contributed by atoms with Crippen LogP contribution in [0.15, 0.2) is 77.9 Å². The lowest BCUT2D eigenvalue weighted by Crippen LogP contribution is -2.27. The number of carbonyl (C=O) groups excluding carboxylic acids is 1. The standard InChI is InChI=1S/C23H18Cl2N2O2/c1-29-18-10-7-15(8-11-18)21-14-22(16-5-3-2-4-6-16)27(26-21)23(28)19-12-9-17(24)13-20(19)25/h2-13,22H,14H2,1H3. The van der Waals surface area contributed by atoms with Crippen LogP contribution in [0.5, 0.6) is 5.75 Å². The fourth-order valence-corrected chi connectivity index (χ4v) is 3.87. The van der Waals surface area contributed by atoms with E-state index in [2.05, 4.69) is 5.10 Å². The summed E-state index contributed by atoms with van der Waals surface area (Å²) in [6, 6.07) is 22.2. The molecule has 1 amide bonds. The minimum Gasteiger partial charge on any atom is -0.497 e. The summed E-state index contributed by atoms with van der Waals surface area (Å²) in [5, 5.41) is 6.99. The van der Waals surface area contributed by atoms with Gasteiger partial charge in [-0.15, -0.1) is 0 Å². The SMILES string of the molecule is COc1ccc(C2=NN(C(=O)c3ccc(Cl)cc3Cl)C(c3ccccc3)C2)cc1. The zero-order valence-corrected chi connectivity index (χ0v) is 17.2. The van der Waals surface area contributed by atoms with E-state index in [1.807, 2.05) is 54.6 Å². The van der Waals surface area contributed by atoms with Gasteiger partial charge in [0.2, 0.25) is 0 Å². The van der Waals surface area contributed by atoms with Gasteiger partial charge in [-0.2, -0.15) is 5.10 Å². The molecule has 0 saturated heterocycles.